The SMILES string of the molecule is CC(C)COc1ccc(C(C)(C)C)cc1CN1CCNCC1. The lowest BCUT2D eigenvalue weighted by Crippen LogP contribution is -2.43. The summed E-state index contributed by atoms with van der Waals surface area (Å²) in [7, 11) is 0. The fourth-order valence-corrected chi connectivity index (χ4v) is 2.68. The number of ether oxygens (including phenoxy) is 1. The van der Waals surface area contributed by atoms with E-state index in [1.807, 2.05) is 0 Å². The van der Waals surface area contributed by atoms with Crippen LogP contribution in [0.25, 0.3) is 0 Å². The number of rotatable bonds is 5. The molecule has 1 aliphatic rings. The number of nitrogens with zero attached hydrogens (tertiary/aromatic N) is 1. The van der Waals surface area contributed by atoms with E-state index in [-0.39, 0.29) is 5.41 Å². The van der Waals surface area contributed by atoms with Crippen molar-refractivity contribution in [3.63, 3.8) is 0 Å². The molecule has 0 radical (unpaired) electrons. The summed E-state index contributed by atoms with van der Waals surface area (Å²) < 4.78 is 6.07. The van der Waals surface area contributed by atoms with Gasteiger partial charge in [0.1, 0.15) is 5.75 Å². The second-order valence-electron chi connectivity index (χ2n) is 7.80. The molecule has 0 aliphatic carbocycles. The van der Waals surface area contributed by atoms with Crippen LogP contribution < -0.4 is 10.1 Å². The Morgan fingerprint density at radius 2 is 1.86 bits per heavy atom. The van der Waals surface area contributed by atoms with Crippen molar-refractivity contribution in [2.24, 2.45) is 5.92 Å². The van der Waals surface area contributed by atoms with Gasteiger partial charge in [-0.05, 0) is 23.0 Å². The Bertz CT molecular complexity index is 471. The number of hydrogen-bond acceptors (Lipinski definition) is 3. The minimum Gasteiger partial charge on any atom is -0.493 e. The molecule has 22 heavy (non-hydrogen) atoms. The zero-order valence-corrected chi connectivity index (χ0v) is 14.9. The van der Waals surface area contributed by atoms with E-state index < -0.39 is 0 Å². The van der Waals surface area contributed by atoms with Gasteiger partial charge in [0.15, 0.2) is 0 Å². The van der Waals surface area contributed by atoms with Gasteiger partial charge in [-0.25, -0.2) is 0 Å². The summed E-state index contributed by atoms with van der Waals surface area (Å²) in [6.45, 7) is 17.4. The molecular formula is C19H32N2O. The minimum atomic E-state index is 0.175. The highest BCUT2D eigenvalue weighted by molar-refractivity contribution is 5.39. The number of benzene rings is 1. The van der Waals surface area contributed by atoms with Gasteiger partial charge in [0, 0.05) is 38.3 Å². The minimum absolute atomic E-state index is 0.175. The van der Waals surface area contributed by atoms with E-state index in [0.29, 0.717) is 5.92 Å². The highest BCUT2D eigenvalue weighted by Gasteiger charge is 2.18. The first-order valence-corrected chi connectivity index (χ1v) is 8.55. The molecule has 1 N–H and O–H groups in total. The Kier molecular flexibility index (Phi) is 5.87. The van der Waals surface area contributed by atoms with Gasteiger partial charge < -0.3 is 10.1 Å². The van der Waals surface area contributed by atoms with Crippen molar-refractivity contribution in [1.29, 1.82) is 0 Å². The van der Waals surface area contributed by atoms with E-state index in [9.17, 15) is 0 Å². The molecule has 0 unspecified atom stereocenters. The summed E-state index contributed by atoms with van der Waals surface area (Å²) in [4.78, 5) is 2.51. The summed E-state index contributed by atoms with van der Waals surface area (Å²) in [5.41, 5.74) is 2.89. The van der Waals surface area contributed by atoms with E-state index >= 15 is 0 Å². The highest BCUT2D eigenvalue weighted by atomic mass is 16.5. The molecule has 0 saturated carbocycles. The molecule has 1 aromatic rings. The highest BCUT2D eigenvalue weighted by Crippen LogP contribution is 2.29. The average Bonchev–Trinajstić information content (AvgIpc) is 2.46. The molecule has 124 valence electrons. The second kappa shape index (κ2) is 7.47. The van der Waals surface area contributed by atoms with Crippen LogP contribution in [0.2, 0.25) is 0 Å². The van der Waals surface area contributed by atoms with Crippen molar-refractivity contribution in [3.8, 4) is 5.75 Å². The van der Waals surface area contributed by atoms with Crippen LogP contribution in [-0.4, -0.2) is 37.7 Å². The molecule has 1 fully saturated rings. The van der Waals surface area contributed by atoms with Gasteiger partial charge in [0.25, 0.3) is 0 Å². The third-order valence-electron chi connectivity index (χ3n) is 4.10. The van der Waals surface area contributed by atoms with Gasteiger partial charge in [-0.3, -0.25) is 4.90 Å². The predicted octanol–water partition coefficient (Wildman–Crippen LogP) is 3.42. The first-order chi connectivity index (χ1) is 10.4. The smallest absolute Gasteiger partial charge is 0.123 e. The van der Waals surface area contributed by atoms with Gasteiger partial charge in [0.2, 0.25) is 0 Å². The maximum absolute atomic E-state index is 6.07. The van der Waals surface area contributed by atoms with Crippen LogP contribution in [0.5, 0.6) is 5.75 Å². The quantitative estimate of drug-likeness (QED) is 0.902. The third-order valence-corrected chi connectivity index (χ3v) is 4.10. The van der Waals surface area contributed by atoms with E-state index in [4.69, 9.17) is 4.74 Å². The van der Waals surface area contributed by atoms with Gasteiger partial charge in [-0.2, -0.15) is 0 Å². The zero-order chi connectivity index (χ0) is 16.2. The summed E-state index contributed by atoms with van der Waals surface area (Å²) in [5, 5.41) is 3.42. The molecule has 0 bridgehead atoms. The van der Waals surface area contributed by atoms with E-state index in [2.05, 4.69) is 63.0 Å². The monoisotopic (exact) mass is 304 g/mol. The second-order valence-corrected chi connectivity index (χ2v) is 7.80. The maximum Gasteiger partial charge on any atom is 0.123 e. The molecule has 1 aliphatic heterocycles. The lowest BCUT2D eigenvalue weighted by atomic mass is 9.86. The zero-order valence-electron chi connectivity index (χ0n) is 14.9. The molecule has 1 aromatic carbocycles. The number of piperazine rings is 1. The predicted molar refractivity (Wildman–Crippen MR) is 93.6 cm³/mol. The third kappa shape index (κ3) is 4.99. The largest absolute Gasteiger partial charge is 0.493 e. The first-order valence-electron chi connectivity index (χ1n) is 8.55. The lowest BCUT2D eigenvalue weighted by molar-refractivity contribution is 0.223. The average molecular weight is 304 g/mol. The summed E-state index contributed by atoms with van der Waals surface area (Å²) in [6.07, 6.45) is 0. The van der Waals surface area contributed by atoms with Crippen LogP contribution in [0.15, 0.2) is 18.2 Å². The van der Waals surface area contributed by atoms with Crippen molar-refractivity contribution < 1.29 is 4.74 Å². The number of nitrogens with one attached hydrogen (secondary N) is 1. The molecule has 3 heteroatoms. The van der Waals surface area contributed by atoms with Crippen LogP contribution in [0, 0.1) is 5.92 Å². The molecule has 0 atom stereocenters. The van der Waals surface area contributed by atoms with Crippen molar-refractivity contribution in [1.82, 2.24) is 10.2 Å². The topological polar surface area (TPSA) is 24.5 Å². The summed E-state index contributed by atoms with van der Waals surface area (Å²) >= 11 is 0. The standard InChI is InChI=1S/C19H32N2O/c1-15(2)14-22-18-7-6-17(19(3,4)5)12-16(18)13-21-10-8-20-9-11-21/h6-7,12,15,20H,8-11,13-14H2,1-5H3. The molecule has 0 spiro atoms. The van der Waals surface area contributed by atoms with Crippen LogP contribution in [0.4, 0.5) is 0 Å². The van der Waals surface area contributed by atoms with E-state index in [1.54, 1.807) is 0 Å². The molecule has 3 nitrogen and oxygen atoms in total. The molecule has 1 heterocycles. The Labute approximate surface area is 136 Å². The Hall–Kier alpha value is -1.06. The van der Waals surface area contributed by atoms with Gasteiger partial charge in [0.05, 0.1) is 6.61 Å². The molecular weight excluding hydrogens is 272 g/mol. The van der Waals surface area contributed by atoms with Crippen molar-refractivity contribution in [2.45, 2.75) is 46.6 Å². The Morgan fingerprint density at radius 3 is 2.45 bits per heavy atom. The Balaban J connectivity index is 2.19. The fourth-order valence-electron chi connectivity index (χ4n) is 2.68. The Morgan fingerprint density at radius 1 is 1.18 bits per heavy atom. The molecule has 2 rings (SSSR count). The van der Waals surface area contributed by atoms with E-state index in [0.717, 1.165) is 45.1 Å². The van der Waals surface area contributed by atoms with Crippen LogP contribution in [-0.2, 0) is 12.0 Å². The van der Waals surface area contributed by atoms with Crippen LogP contribution >= 0.6 is 0 Å². The van der Waals surface area contributed by atoms with Crippen LogP contribution in [0.3, 0.4) is 0 Å². The fraction of sp³-hybridized carbons (Fsp3) is 0.684. The van der Waals surface area contributed by atoms with Crippen molar-refractivity contribution in [3.05, 3.63) is 29.3 Å². The van der Waals surface area contributed by atoms with Crippen LogP contribution in [0.1, 0.15) is 45.7 Å². The van der Waals surface area contributed by atoms with Gasteiger partial charge in [-0.15, -0.1) is 0 Å². The molecule has 0 amide bonds. The van der Waals surface area contributed by atoms with Gasteiger partial charge in [-0.1, -0.05) is 46.8 Å². The first kappa shape index (κ1) is 17.3. The maximum atomic E-state index is 6.07. The number of hydrogen-bond donors (Lipinski definition) is 1. The summed E-state index contributed by atoms with van der Waals surface area (Å²) in [6, 6.07) is 6.73. The van der Waals surface area contributed by atoms with Crippen molar-refractivity contribution >= 4 is 0 Å². The molecule has 1 saturated heterocycles. The normalized spacial score (nSPS) is 17.0. The van der Waals surface area contributed by atoms with E-state index in [1.165, 1.54) is 11.1 Å². The molecule has 0 aromatic heterocycles. The van der Waals surface area contributed by atoms with Gasteiger partial charge >= 0.3 is 0 Å². The lowest BCUT2D eigenvalue weighted by Gasteiger charge is -2.29. The van der Waals surface area contributed by atoms with Crippen molar-refractivity contribution in [2.75, 3.05) is 32.8 Å². The summed E-state index contributed by atoms with van der Waals surface area (Å²) in [5.74, 6) is 1.61.